The molecule has 1 heterocycles. The second kappa shape index (κ2) is 14.6. The van der Waals surface area contributed by atoms with Crippen molar-refractivity contribution in [2.24, 2.45) is 0 Å². The third-order valence-corrected chi connectivity index (χ3v) is 11.6. The summed E-state index contributed by atoms with van der Waals surface area (Å²) in [7, 11) is 0. The largest absolute Gasteiger partial charge is 0.208 e. The Hall–Kier alpha value is -8.26. The van der Waals surface area contributed by atoms with E-state index in [-0.39, 0.29) is 0 Å². The van der Waals surface area contributed by atoms with Crippen LogP contribution in [0.4, 0.5) is 0 Å². The van der Waals surface area contributed by atoms with Crippen LogP contribution in [0.2, 0.25) is 0 Å². The standard InChI is InChI=1S/C56H34N4/c57-35-51-45(38-28-30-39(31-29-38)47-22-11-24-49-48-23-8-16-40-17-9-25-50(52(40)48)53(47)49)20-10-21-46(51)43-18-7-19-44(34-43)56-59-54(41-14-5-2-6-15-41)58-55(60-56)42-32-26-37(27-33-42)36-12-3-1-4-13-36/h1-34H. The molecule has 278 valence electrons. The van der Waals surface area contributed by atoms with E-state index in [2.05, 4.69) is 127 Å². The molecule has 11 rings (SSSR count). The number of rotatable bonds is 7. The average molecular weight is 763 g/mol. The lowest BCUT2D eigenvalue weighted by Crippen LogP contribution is -2.00. The third kappa shape index (κ3) is 6.05. The molecule has 10 aromatic rings. The second-order valence-electron chi connectivity index (χ2n) is 15.1. The van der Waals surface area contributed by atoms with Crippen molar-refractivity contribution in [1.29, 1.82) is 5.26 Å². The summed E-state index contributed by atoms with van der Waals surface area (Å²) in [4.78, 5) is 15.0. The van der Waals surface area contributed by atoms with Crippen LogP contribution in [0, 0.1) is 11.3 Å². The molecule has 0 fully saturated rings. The van der Waals surface area contributed by atoms with Crippen LogP contribution in [0.25, 0.3) is 112 Å². The molecule has 1 aliphatic carbocycles. The van der Waals surface area contributed by atoms with Gasteiger partial charge in [0.15, 0.2) is 17.5 Å². The first kappa shape index (κ1) is 34.9. The van der Waals surface area contributed by atoms with Crippen LogP contribution in [-0.4, -0.2) is 15.0 Å². The summed E-state index contributed by atoms with van der Waals surface area (Å²) >= 11 is 0. The number of fused-ring (bicyclic) bond motifs is 3. The topological polar surface area (TPSA) is 62.5 Å². The molecule has 0 atom stereocenters. The average Bonchev–Trinajstić information content (AvgIpc) is 3.67. The Morgan fingerprint density at radius 3 is 1.38 bits per heavy atom. The molecule has 0 saturated heterocycles. The first-order chi connectivity index (χ1) is 29.7. The van der Waals surface area contributed by atoms with Crippen LogP contribution in [0.1, 0.15) is 5.56 Å². The van der Waals surface area contributed by atoms with Crippen molar-refractivity contribution in [1.82, 2.24) is 15.0 Å². The highest BCUT2D eigenvalue weighted by Gasteiger charge is 2.24. The molecule has 0 bridgehead atoms. The van der Waals surface area contributed by atoms with Crippen LogP contribution in [0.3, 0.4) is 0 Å². The molecular weight excluding hydrogens is 729 g/mol. The number of hydrogen-bond donors (Lipinski definition) is 0. The highest BCUT2D eigenvalue weighted by molar-refractivity contribution is 6.18. The smallest absolute Gasteiger partial charge is 0.164 e. The Kier molecular flexibility index (Phi) is 8.50. The highest BCUT2D eigenvalue weighted by Crippen LogP contribution is 2.51. The Bertz CT molecular complexity index is 3290. The van der Waals surface area contributed by atoms with E-state index in [0.29, 0.717) is 23.0 Å². The minimum atomic E-state index is 0.560. The number of nitrogens with zero attached hydrogens (tertiary/aromatic N) is 4. The van der Waals surface area contributed by atoms with Gasteiger partial charge in [-0.2, -0.15) is 5.26 Å². The fourth-order valence-corrected chi connectivity index (χ4v) is 8.68. The minimum Gasteiger partial charge on any atom is -0.208 e. The van der Waals surface area contributed by atoms with Crippen LogP contribution >= 0.6 is 0 Å². The van der Waals surface area contributed by atoms with E-state index in [1.807, 2.05) is 84.9 Å². The molecule has 1 aromatic heterocycles. The molecule has 4 heteroatoms. The summed E-state index contributed by atoms with van der Waals surface area (Å²) in [5.74, 6) is 1.75. The van der Waals surface area contributed by atoms with E-state index in [0.717, 1.165) is 55.6 Å². The van der Waals surface area contributed by atoms with E-state index in [1.54, 1.807) is 0 Å². The highest BCUT2D eigenvalue weighted by atomic mass is 15.0. The zero-order chi connectivity index (χ0) is 40.0. The van der Waals surface area contributed by atoms with Gasteiger partial charge >= 0.3 is 0 Å². The Morgan fingerprint density at radius 2 is 0.717 bits per heavy atom. The van der Waals surface area contributed by atoms with Crippen molar-refractivity contribution in [2.45, 2.75) is 0 Å². The van der Waals surface area contributed by atoms with E-state index in [9.17, 15) is 5.26 Å². The maximum atomic E-state index is 10.7. The van der Waals surface area contributed by atoms with Crippen LogP contribution < -0.4 is 0 Å². The third-order valence-electron chi connectivity index (χ3n) is 11.6. The van der Waals surface area contributed by atoms with Crippen molar-refractivity contribution in [3.63, 3.8) is 0 Å². The van der Waals surface area contributed by atoms with E-state index in [4.69, 9.17) is 15.0 Å². The van der Waals surface area contributed by atoms with Crippen molar-refractivity contribution in [3.05, 3.63) is 212 Å². The van der Waals surface area contributed by atoms with Crippen LogP contribution in [0.15, 0.2) is 206 Å². The number of benzene rings is 9. The first-order valence-electron chi connectivity index (χ1n) is 20.1. The van der Waals surface area contributed by atoms with Crippen molar-refractivity contribution >= 4 is 10.8 Å². The quantitative estimate of drug-likeness (QED) is 0.162. The lowest BCUT2D eigenvalue weighted by atomic mass is 9.90. The SMILES string of the molecule is N#Cc1c(-c2ccc(-c3cccc4c3-c3cccc5cccc-4c35)cc2)cccc1-c1cccc(-c2nc(-c3ccccc3)nc(-c3ccc(-c4ccccc4)cc3)n2)c1. The van der Waals surface area contributed by atoms with Gasteiger partial charge < -0.3 is 0 Å². The van der Waals surface area contributed by atoms with E-state index in [1.165, 1.54) is 38.6 Å². The van der Waals surface area contributed by atoms with Gasteiger partial charge in [-0.3, -0.25) is 0 Å². The summed E-state index contributed by atoms with van der Waals surface area (Å²) < 4.78 is 0. The number of hydrogen-bond acceptors (Lipinski definition) is 4. The van der Waals surface area contributed by atoms with Crippen LogP contribution in [0.5, 0.6) is 0 Å². The molecule has 0 amide bonds. The molecule has 0 aliphatic heterocycles. The molecule has 60 heavy (non-hydrogen) atoms. The van der Waals surface area contributed by atoms with E-state index < -0.39 is 0 Å². The van der Waals surface area contributed by atoms with Gasteiger partial charge in [-0.25, -0.2) is 15.0 Å². The fourth-order valence-electron chi connectivity index (χ4n) is 8.68. The fraction of sp³-hybridized carbons (Fsp3) is 0. The van der Waals surface area contributed by atoms with Gasteiger partial charge in [0, 0.05) is 27.8 Å². The first-order valence-corrected chi connectivity index (χ1v) is 20.1. The van der Waals surface area contributed by atoms with Crippen molar-refractivity contribution in [3.8, 4) is 107 Å². The van der Waals surface area contributed by atoms with Crippen molar-refractivity contribution < 1.29 is 0 Å². The Morgan fingerprint density at radius 1 is 0.300 bits per heavy atom. The Balaban J connectivity index is 0.951. The molecule has 0 N–H and O–H groups in total. The summed E-state index contributed by atoms with van der Waals surface area (Å²) in [5, 5.41) is 13.3. The molecule has 0 radical (unpaired) electrons. The van der Waals surface area contributed by atoms with Gasteiger partial charge in [0.2, 0.25) is 0 Å². The maximum absolute atomic E-state index is 10.7. The lowest BCUT2D eigenvalue weighted by Gasteiger charge is -2.14. The van der Waals surface area contributed by atoms with Gasteiger partial charge in [-0.1, -0.05) is 200 Å². The van der Waals surface area contributed by atoms with Crippen LogP contribution in [-0.2, 0) is 0 Å². The van der Waals surface area contributed by atoms with E-state index >= 15 is 0 Å². The van der Waals surface area contributed by atoms with Crippen molar-refractivity contribution in [2.75, 3.05) is 0 Å². The van der Waals surface area contributed by atoms with Gasteiger partial charge in [-0.05, 0) is 72.5 Å². The number of aromatic nitrogens is 3. The molecule has 4 nitrogen and oxygen atoms in total. The summed E-state index contributed by atoms with van der Waals surface area (Å²) in [6.07, 6.45) is 0. The summed E-state index contributed by atoms with van der Waals surface area (Å²) in [6, 6.07) is 73.8. The number of nitriles is 1. The molecule has 0 spiro atoms. The van der Waals surface area contributed by atoms with Gasteiger partial charge in [-0.15, -0.1) is 0 Å². The molecule has 9 aromatic carbocycles. The zero-order valence-corrected chi connectivity index (χ0v) is 32.4. The predicted octanol–water partition coefficient (Wildman–Crippen LogP) is 14.2. The predicted molar refractivity (Wildman–Crippen MR) is 245 cm³/mol. The van der Waals surface area contributed by atoms with Gasteiger partial charge in [0.25, 0.3) is 0 Å². The summed E-state index contributed by atoms with van der Waals surface area (Å²) in [6.45, 7) is 0. The lowest BCUT2D eigenvalue weighted by molar-refractivity contribution is 1.07. The molecule has 0 unspecified atom stereocenters. The monoisotopic (exact) mass is 762 g/mol. The molecule has 1 aliphatic rings. The van der Waals surface area contributed by atoms with Gasteiger partial charge in [0.05, 0.1) is 5.56 Å². The van der Waals surface area contributed by atoms with Gasteiger partial charge in [0.1, 0.15) is 6.07 Å². The summed E-state index contributed by atoms with van der Waals surface area (Å²) in [5.41, 5.74) is 16.6. The second-order valence-corrected chi connectivity index (χ2v) is 15.1. The molecule has 0 saturated carbocycles. The Labute approximate surface area is 348 Å². The molecular formula is C56H34N4. The maximum Gasteiger partial charge on any atom is 0.164 e. The minimum absolute atomic E-state index is 0.560. The zero-order valence-electron chi connectivity index (χ0n) is 32.4. The normalized spacial score (nSPS) is 11.3.